The largest absolute Gasteiger partial charge is 0.444 e. The summed E-state index contributed by atoms with van der Waals surface area (Å²) in [7, 11) is 1.72. The Balaban J connectivity index is 2.45. The van der Waals surface area contributed by atoms with Crippen molar-refractivity contribution >= 4 is 17.5 Å². The van der Waals surface area contributed by atoms with Crippen LogP contribution in [0.5, 0.6) is 0 Å². The number of benzene rings is 1. The third-order valence-corrected chi connectivity index (χ3v) is 3.14. The molecule has 0 saturated heterocycles. The second kappa shape index (κ2) is 7.49. The van der Waals surface area contributed by atoms with E-state index in [9.17, 15) is 4.79 Å². The summed E-state index contributed by atoms with van der Waals surface area (Å²) in [6.07, 6.45) is 0.455. The van der Waals surface area contributed by atoms with Gasteiger partial charge in [0.15, 0.2) is 0 Å². The molecular weight excluding hydrogens is 280 g/mol. The predicted molar refractivity (Wildman–Crippen MR) is 90.5 cm³/mol. The number of nitrogens with one attached hydrogen (secondary N) is 2. The number of ether oxygens (including phenoxy) is 2. The zero-order valence-electron chi connectivity index (χ0n) is 14.4. The van der Waals surface area contributed by atoms with Crippen LogP contribution in [0.3, 0.4) is 0 Å². The average Bonchev–Trinajstić information content (AvgIpc) is 2.38. The Morgan fingerprint density at radius 3 is 2.09 bits per heavy atom. The summed E-state index contributed by atoms with van der Waals surface area (Å²) < 4.78 is 10.6. The Bertz CT molecular complexity index is 476. The first-order valence-corrected chi connectivity index (χ1v) is 7.50. The van der Waals surface area contributed by atoms with E-state index in [-0.39, 0.29) is 5.60 Å². The molecule has 0 atom stereocenters. The fourth-order valence-corrected chi connectivity index (χ4v) is 1.70. The molecule has 0 unspecified atom stereocenters. The lowest BCUT2D eigenvalue weighted by Crippen LogP contribution is -2.27. The standard InChI is InChI=1S/C17H28N2O3/c1-16(2,3)22-15(20)19-14-9-7-13(8-10-14)18-12-11-17(4,5)21-6/h7-10,18H,11-12H2,1-6H3,(H,19,20). The topological polar surface area (TPSA) is 59.6 Å². The zero-order chi connectivity index (χ0) is 16.8. The van der Waals surface area contributed by atoms with Gasteiger partial charge in [-0.05, 0) is 65.3 Å². The van der Waals surface area contributed by atoms with E-state index in [2.05, 4.69) is 24.5 Å². The third kappa shape index (κ3) is 7.31. The summed E-state index contributed by atoms with van der Waals surface area (Å²) in [5.74, 6) is 0. The van der Waals surface area contributed by atoms with Gasteiger partial charge in [-0.1, -0.05) is 0 Å². The molecule has 5 nitrogen and oxygen atoms in total. The van der Waals surface area contributed by atoms with E-state index in [1.165, 1.54) is 0 Å². The second-order valence-corrected chi connectivity index (χ2v) is 6.84. The van der Waals surface area contributed by atoms with E-state index >= 15 is 0 Å². The van der Waals surface area contributed by atoms with E-state index < -0.39 is 11.7 Å². The molecule has 0 aromatic heterocycles. The molecule has 1 aromatic rings. The summed E-state index contributed by atoms with van der Waals surface area (Å²) in [5, 5.41) is 6.04. The molecular formula is C17H28N2O3. The molecule has 1 amide bonds. The van der Waals surface area contributed by atoms with Crippen molar-refractivity contribution < 1.29 is 14.3 Å². The Morgan fingerprint density at radius 2 is 1.59 bits per heavy atom. The van der Waals surface area contributed by atoms with Gasteiger partial charge >= 0.3 is 6.09 Å². The van der Waals surface area contributed by atoms with Crippen molar-refractivity contribution in [3.63, 3.8) is 0 Å². The maximum absolute atomic E-state index is 11.7. The first-order chi connectivity index (χ1) is 10.1. The quantitative estimate of drug-likeness (QED) is 0.824. The van der Waals surface area contributed by atoms with Crippen molar-refractivity contribution in [1.29, 1.82) is 0 Å². The van der Waals surface area contributed by atoms with Gasteiger partial charge in [-0.2, -0.15) is 0 Å². The Morgan fingerprint density at radius 1 is 1.05 bits per heavy atom. The average molecular weight is 308 g/mol. The lowest BCUT2D eigenvalue weighted by Gasteiger charge is -2.23. The predicted octanol–water partition coefficient (Wildman–Crippen LogP) is 4.26. The molecule has 2 N–H and O–H groups in total. The van der Waals surface area contributed by atoms with Crippen molar-refractivity contribution in [3.05, 3.63) is 24.3 Å². The van der Waals surface area contributed by atoms with Gasteiger partial charge in [-0.3, -0.25) is 5.32 Å². The van der Waals surface area contributed by atoms with E-state index in [0.29, 0.717) is 5.69 Å². The van der Waals surface area contributed by atoms with Gasteiger partial charge in [0.1, 0.15) is 5.60 Å². The highest BCUT2D eigenvalue weighted by Crippen LogP contribution is 2.17. The molecule has 0 spiro atoms. The molecule has 0 bridgehead atoms. The number of hydrogen-bond donors (Lipinski definition) is 2. The molecule has 0 fully saturated rings. The van der Waals surface area contributed by atoms with Gasteiger partial charge in [0.05, 0.1) is 5.60 Å². The van der Waals surface area contributed by atoms with Crippen LogP contribution in [0.25, 0.3) is 0 Å². The molecule has 22 heavy (non-hydrogen) atoms. The van der Waals surface area contributed by atoms with Gasteiger partial charge in [-0.25, -0.2) is 4.79 Å². The SMILES string of the molecule is COC(C)(C)CCNc1ccc(NC(=O)OC(C)(C)C)cc1. The summed E-state index contributed by atoms with van der Waals surface area (Å²) in [6, 6.07) is 7.53. The highest BCUT2D eigenvalue weighted by molar-refractivity contribution is 5.85. The van der Waals surface area contributed by atoms with Crippen LogP contribution in [0.1, 0.15) is 41.0 Å². The van der Waals surface area contributed by atoms with Crippen molar-refractivity contribution in [2.45, 2.75) is 52.2 Å². The van der Waals surface area contributed by atoms with Crippen LogP contribution >= 0.6 is 0 Å². The summed E-state index contributed by atoms with van der Waals surface area (Å²) in [6.45, 7) is 10.4. The monoisotopic (exact) mass is 308 g/mol. The first-order valence-electron chi connectivity index (χ1n) is 7.50. The van der Waals surface area contributed by atoms with E-state index in [1.807, 2.05) is 45.0 Å². The number of carbonyl (C=O) groups is 1. The van der Waals surface area contributed by atoms with Crippen molar-refractivity contribution in [1.82, 2.24) is 0 Å². The molecule has 0 radical (unpaired) electrons. The molecule has 0 heterocycles. The zero-order valence-corrected chi connectivity index (χ0v) is 14.4. The van der Waals surface area contributed by atoms with Gasteiger partial charge in [0.25, 0.3) is 0 Å². The molecule has 5 heteroatoms. The van der Waals surface area contributed by atoms with Crippen LogP contribution < -0.4 is 10.6 Å². The maximum Gasteiger partial charge on any atom is 0.412 e. The fraction of sp³-hybridized carbons (Fsp3) is 0.588. The van der Waals surface area contributed by atoms with Gasteiger partial charge in [0.2, 0.25) is 0 Å². The lowest BCUT2D eigenvalue weighted by molar-refractivity contribution is 0.0185. The van der Waals surface area contributed by atoms with Gasteiger partial charge in [-0.15, -0.1) is 0 Å². The van der Waals surface area contributed by atoms with E-state index in [1.54, 1.807) is 7.11 Å². The maximum atomic E-state index is 11.7. The van der Waals surface area contributed by atoms with Gasteiger partial charge in [0, 0.05) is 25.0 Å². The minimum atomic E-state index is -0.500. The Hall–Kier alpha value is -1.75. The van der Waals surface area contributed by atoms with Gasteiger partial charge < -0.3 is 14.8 Å². The van der Waals surface area contributed by atoms with E-state index in [4.69, 9.17) is 9.47 Å². The lowest BCUT2D eigenvalue weighted by atomic mass is 10.1. The molecule has 0 saturated carbocycles. The molecule has 0 aliphatic rings. The number of hydrogen-bond acceptors (Lipinski definition) is 4. The van der Waals surface area contributed by atoms with Crippen LogP contribution in [-0.4, -0.2) is 30.9 Å². The summed E-state index contributed by atoms with van der Waals surface area (Å²) in [4.78, 5) is 11.7. The third-order valence-electron chi connectivity index (χ3n) is 3.14. The minimum absolute atomic E-state index is 0.134. The number of anilines is 2. The molecule has 0 aliphatic carbocycles. The van der Waals surface area contributed by atoms with Crippen LogP contribution in [0, 0.1) is 0 Å². The number of rotatable bonds is 6. The fourth-order valence-electron chi connectivity index (χ4n) is 1.70. The van der Waals surface area contributed by atoms with Crippen LogP contribution in [0.2, 0.25) is 0 Å². The van der Waals surface area contributed by atoms with Crippen LogP contribution in [0.15, 0.2) is 24.3 Å². The van der Waals surface area contributed by atoms with Crippen LogP contribution in [0.4, 0.5) is 16.2 Å². The minimum Gasteiger partial charge on any atom is -0.444 e. The number of carbonyl (C=O) groups excluding carboxylic acids is 1. The van der Waals surface area contributed by atoms with Crippen molar-refractivity contribution in [2.24, 2.45) is 0 Å². The van der Waals surface area contributed by atoms with Crippen molar-refractivity contribution in [3.8, 4) is 0 Å². The normalized spacial score (nSPS) is 11.9. The molecule has 1 rings (SSSR count). The smallest absolute Gasteiger partial charge is 0.412 e. The summed E-state index contributed by atoms with van der Waals surface area (Å²) >= 11 is 0. The molecule has 124 valence electrons. The Labute approximate surface area is 133 Å². The summed E-state index contributed by atoms with van der Waals surface area (Å²) in [5.41, 5.74) is 1.07. The van der Waals surface area contributed by atoms with Crippen molar-refractivity contribution in [2.75, 3.05) is 24.3 Å². The van der Waals surface area contributed by atoms with Crippen LogP contribution in [-0.2, 0) is 9.47 Å². The highest BCUT2D eigenvalue weighted by Gasteiger charge is 2.16. The highest BCUT2D eigenvalue weighted by atomic mass is 16.6. The molecule has 0 aliphatic heterocycles. The molecule has 1 aromatic carbocycles. The number of amides is 1. The Kier molecular flexibility index (Phi) is 6.23. The first kappa shape index (κ1) is 18.3. The number of methoxy groups -OCH3 is 1. The van der Waals surface area contributed by atoms with E-state index in [0.717, 1.165) is 18.7 Å². The second-order valence-electron chi connectivity index (χ2n) is 6.84.